The van der Waals surface area contributed by atoms with E-state index in [1.54, 1.807) is 7.05 Å². The molecule has 1 fully saturated rings. The van der Waals surface area contributed by atoms with Crippen molar-refractivity contribution in [3.63, 3.8) is 0 Å². The molecule has 1 aromatic heterocycles. The highest BCUT2D eigenvalue weighted by molar-refractivity contribution is 7.91. The molecular formula is C14H19NO5S2. The number of carboxylic acid groups (broad SMARTS) is 1. The molecule has 0 radical (unpaired) electrons. The van der Waals surface area contributed by atoms with Gasteiger partial charge in [-0.1, -0.05) is 12.8 Å². The molecule has 8 heteroatoms. The predicted octanol–water partition coefficient (Wildman–Crippen LogP) is 1.87. The van der Waals surface area contributed by atoms with Gasteiger partial charge < -0.3 is 10.0 Å². The lowest BCUT2D eigenvalue weighted by atomic mass is 9.93. The zero-order valence-electron chi connectivity index (χ0n) is 12.5. The number of amides is 1. The SMILES string of the molecule is CN(C(=O)c1ccc(C(=O)O)s1)[C@H]1CCCC[C@@H]1S(C)(=O)=O. The van der Waals surface area contributed by atoms with E-state index in [1.807, 2.05) is 0 Å². The molecular weight excluding hydrogens is 326 g/mol. The van der Waals surface area contributed by atoms with Crippen LogP contribution in [-0.4, -0.2) is 54.9 Å². The lowest BCUT2D eigenvalue weighted by Crippen LogP contribution is -2.49. The average Bonchev–Trinajstić information content (AvgIpc) is 2.95. The van der Waals surface area contributed by atoms with E-state index in [-0.39, 0.29) is 16.8 Å². The first kappa shape index (κ1) is 17.0. The number of carboxylic acids is 1. The van der Waals surface area contributed by atoms with E-state index in [2.05, 4.69) is 0 Å². The number of carbonyl (C=O) groups excluding carboxylic acids is 1. The van der Waals surface area contributed by atoms with Crippen LogP contribution < -0.4 is 0 Å². The number of hydrogen-bond acceptors (Lipinski definition) is 5. The lowest BCUT2D eigenvalue weighted by Gasteiger charge is -2.36. The van der Waals surface area contributed by atoms with Gasteiger partial charge in [-0.05, 0) is 25.0 Å². The summed E-state index contributed by atoms with van der Waals surface area (Å²) in [5.41, 5.74) is 0. The normalized spacial score (nSPS) is 22.3. The molecule has 1 aromatic rings. The van der Waals surface area contributed by atoms with E-state index in [1.165, 1.54) is 23.3 Å². The van der Waals surface area contributed by atoms with E-state index in [4.69, 9.17) is 5.11 Å². The van der Waals surface area contributed by atoms with Gasteiger partial charge in [0.15, 0.2) is 9.84 Å². The van der Waals surface area contributed by atoms with Gasteiger partial charge in [0.1, 0.15) is 4.88 Å². The fraction of sp³-hybridized carbons (Fsp3) is 0.571. The summed E-state index contributed by atoms with van der Waals surface area (Å²) >= 11 is 0.910. The second-order valence-corrected chi connectivity index (χ2v) is 8.95. The molecule has 122 valence electrons. The van der Waals surface area contributed by atoms with Gasteiger partial charge in [-0.15, -0.1) is 11.3 Å². The molecule has 1 N–H and O–H groups in total. The maximum atomic E-state index is 12.5. The van der Waals surface area contributed by atoms with Crippen LogP contribution in [0.25, 0.3) is 0 Å². The Balaban J connectivity index is 2.22. The Hall–Kier alpha value is -1.41. The van der Waals surface area contributed by atoms with Crippen molar-refractivity contribution < 1.29 is 23.1 Å². The van der Waals surface area contributed by atoms with Crippen molar-refractivity contribution in [2.24, 2.45) is 0 Å². The van der Waals surface area contributed by atoms with Gasteiger partial charge in [-0.25, -0.2) is 13.2 Å². The number of nitrogens with zero attached hydrogens (tertiary/aromatic N) is 1. The number of thiophene rings is 1. The van der Waals surface area contributed by atoms with Gasteiger partial charge in [-0.2, -0.15) is 0 Å². The topological polar surface area (TPSA) is 91.8 Å². The summed E-state index contributed by atoms with van der Waals surface area (Å²) in [4.78, 5) is 25.3. The lowest BCUT2D eigenvalue weighted by molar-refractivity contribution is 0.0696. The van der Waals surface area contributed by atoms with Gasteiger partial charge in [0.25, 0.3) is 5.91 Å². The summed E-state index contributed by atoms with van der Waals surface area (Å²) in [6.45, 7) is 0. The number of sulfone groups is 1. The molecule has 0 unspecified atom stereocenters. The van der Waals surface area contributed by atoms with E-state index < -0.39 is 21.1 Å². The Morgan fingerprint density at radius 1 is 1.23 bits per heavy atom. The largest absolute Gasteiger partial charge is 0.477 e. The Morgan fingerprint density at radius 3 is 2.36 bits per heavy atom. The fourth-order valence-corrected chi connectivity index (χ4v) is 5.22. The van der Waals surface area contributed by atoms with E-state index >= 15 is 0 Å². The maximum Gasteiger partial charge on any atom is 0.345 e. The van der Waals surface area contributed by atoms with Crippen LogP contribution in [0.5, 0.6) is 0 Å². The van der Waals surface area contributed by atoms with Gasteiger partial charge in [0.2, 0.25) is 0 Å². The smallest absolute Gasteiger partial charge is 0.345 e. The minimum atomic E-state index is -3.23. The van der Waals surface area contributed by atoms with Gasteiger partial charge in [-0.3, -0.25) is 4.79 Å². The second-order valence-electron chi connectivity index (χ2n) is 5.60. The fourth-order valence-electron chi connectivity index (χ4n) is 2.91. The van der Waals surface area contributed by atoms with Crippen molar-refractivity contribution in [1.82, 2.24) is 4.90 Å². The maximum absolute atomic E-state index is 12.5. The standard InChI is InChI=1S/C14H19NO5S2/c1-15(9-5-3-4-6-12(9)22(2,19)20)13(16)10-7-8-11(21-10)14(17)18/h7-9,12H,3-6H2,1-2H3,(H,17,18)/t9-,12-/m0/s1. The Labute approximate surface area is 133 Å². The molecule has 2 atom stereocenters. The second kappa shape index (κ2) is 6.37. The van der Waals surface area contributed by atoms with Crippen LogP contribution in [0.4, 0.5) is 0 Å². The summed E-state index contributed by atoms with van der Waals surface area (Å²) < 4.78 is 23.9. The van der Waals surface area contributed by atoms with Gasteiger partial charge in [0.05, 0.1) is 10.1 Å². The first-order valence-corrected chi connectivity index (χ1v) is 9.78. The van der Waals surface area contributed by atoms with E-state index in [0.717, 1.165) is 24.2 Å². The molecule has 0 spiro atoms. The van der Waals surface area contributed by atoms with Crippen LogP contribution in [0.15, 0.2) is 12.1 Å². The number of carbonyl (C=O) groups is 2. The van der Waals surface area contributed by atoms with Crippen LogP contribution in [0.3, 0.4) is 0 Å². The summed E-state index contributed by atoms with van der Waals surface area (Å²) in [7, 11) is -1.63. The minimum absolute atomic E-state index is 0.0973. The Kier molecular flexibility index (Phi) is 4.91. The van der Waals surface area contributed by atoms with Crippen molar-refractivity contribution in [2.75, 3.05) is 13.3 Å². The molecule has 0 bridgehead atoms. The van der Waals surface area contributed by atoms with Crippen molar-refractivity contribution in [2.45, 2.75) is 37.0 Å². The van der Waals surface area contributed by atoms with Crippen molar-refractivity contribution in [1.29, 1.82) is 0 Å². The molecule has 0 aliphatic heterocycles. The molecule has 1 heterocycles. The van der Waals surface area contributed by atoms with Crippen molar-refractivity contribution in [3.05, 3.63) is 21.9 Å². The molecule has 1 aliphatic rings. The zero-order valence-corrected chi connectivity index (χ0v) is 14.1. The molecule has 0 aromatic carbocycles. The zero-order chi connectivity index (χ0) is 16.5. The molecule has 0 saturated heterocycles. The Bertz CT molecular complexity index is 679. The monoisotopic (exact) mass is 345 g/mol. The highest BCUT2D eigenvalue weighted by Gasteiger charge is 2.37. The first-order valence-electron chi connectivity index (χ1n) is 7.01. The molecule has 1 saturated carbocycles. The molecule has 22 heavy (non-hydrogen) atoms. The summed E-state index contributed by atoms with van der Waals surface area (Å²) in [5, 5.41) is 8.38. The minimum Gasteiger partial charge on any atom is -0.477 e. The van der Waals surface area contributed by atoms with Crippen LogP contribution >= 0.6 is 11.3 Å². The summed E-state index contributed by atoms with van der Waals surface area (Å²) in [5.74, 6) is -1.39. The van der Waals surface area contributed by atoms with Crippen molar-refractivity contribution >= 4 is 33.1 Å². The number of hydrogen-bond donors (Lipinski definition) is 1. The van der Waals surface area contributed by atoms with E-state index in [0.29, 0.717) is 17.7 Å². The Morgan fingerprint density at radius 2 is 1.82 bits per heavy atom. The summed E-state index contributed by atoms with van der Waals surface area (Å²) in [6.07, 6.45) is 4.16. The first-order chi connectivity index (χ1) is 10.2. The van der Waals surface area contributed by atoms with Crippen LogP contribution in [0, 0.1) is 0 Å². The number of rotatable bonds is 4. The molecule has 1 aliphatic carbocycles. The third-order valence-electron chi connectivity index (χ3n) is 4.06. The summed E-state index contributed by atoms with van der Waals surface area (Å²) in [6, 6.07) is 2.51. The van der Waals surface area contributed by atoms with Gasteiger partial charge in [0, 0.05) is 19.3 Å². The highest BCUT2D eigenvalue weighted by atomic mass is 32.2. The molecule has 6 nitrogen and oxygen atoms in total. The predicted molar refractivity (Wildman–Crippen MR) is 84.3 cm³/mol. The van der Waals surface area contributed by atoms with Crippen LogP contribution in [-0.2, 0) is 9.84 Å². The average molecular weight is 345 g/mol. The van der Waals surface area contributed by atoms with E-state index in [9.17, 15) is 18.0 Å². The van der Waals surface area contributed by atoms with Crippen molar-refractivity contribution in [3.8, 4) is 0 Å². The third kappa shape index (κ3) is 3.49. The third-order valence-corrected chi connectivity index (χ3v) is 6.77. The molecule has 2 rings (SSSR count). The van der Waals surface area contributed by atoms with Crippen LogP contribution in [0.1, 0.15) is 45.0 Å². The quantitative estimate of drug-likeness (QED) is 0.899. The molecule has 1 amide bonds. The number of aromatic carboxylic acids is 1. The van der Waals surface area contributed by atoms with Crippen LogP contribution in [0.2, 0.25) is 0 Å². The highest BCUT2D eigenvalue weighted by Crippen LogP contribution is 2.29. The van der Waals surface area contributed by atoms with Gasteiger partial charge >= 0.3 is 5.97 Å².